The van der Waals surface area contributed by atoms with Crippen molar-refractivity contribution in [2.45, 2.75) is 45.6 Å². The van der Waals surface area contributed by atoms with Crippen LogP contribution >= 0.6 is 0 Å². The molecule has 33 heavy (non-hydrogen) atoms. The van der Waals surface area contributed by atoms with E-state index in [1.807, 2.05) is 38.1 Å². The van der Waals surface area contributed by atoms with Crippen LogP contribution in [0.4, 0.5) is 5.69 Å². The van der Waals surface area contributed by atoms with Crippen molar-refractivity contribution in [1.82, 2.24) is 0 Å². The molecule has 3 rings (SSSR count). The summed E-state index contributed by atoms with van der Waals surface area (Å²) in [5.41, 5.74) is 6.09. The highest BCUT2D eigenvalue weighted by atomic mass is 32.2. The molecule has 1 N–H and O–H groups in total. The highest BCUT2D eigenvalue weighted by Crippen LogP contribution is 2.36. The molecule has 0 aliphatic rings. The van der Waals surface area contributed by atoms with E-state index in [1.54, 1.807) is 30.3 Å². The summed E-state index contributed by atoms with van der Waals surface area (Å²) in [5, 5.41) is 3.47. The van der Waals surface area contributed by atoms with Gasteiger partial charge in [-0.15, -0.1) is 6.58 Å². The topological polar surface area (TPSA) is 64.6 Å². The van der Waals surface area contributed by atoms with Crippen LogP contribution in [0.1, 0.15) is 34.7 Å². The van der Waals surface area contributed by atoms with Gasteiger partial charge in [0.1, 0.15) is 4.90 Å². The summed E-state index contributed by atoms with van der Waals surface area (Å²) < 4.78 is 37.4. The van der Waals surface area contributed by atoms with Crippen molar-refractivity contribution in [2.24, 2.45) is 0 Å². The lowest BCUT2D eigenvalue weighted by Gasteiger charge is -2.18. The molecule has 6 heteroatoms. The predicted molar refractivity (Wildman–Crippen MR) is 134 cm³/mol. The van der Waals surface area contributed by atoms with Gasteiger partial charge in [0.2, 0.25) is 0 Å². The predicted octanol–water partition coefficient (Wildman–Crippen LogP) is 6.12. The van der Waals surface area contributed by atoms with Gasteiger partial charge in [0.25, 0.3) is 0 Å². The molecule has 3 aromatic carbocycles. The number of ether oxygens (including phenoxy) is 1. The van der Waals surface area contributed by atoms with Crippen LogP contribution in [0.15, 0.2) is 72.1 Å². The molecule has 0 atom stereocenters. The third kappa shape index (κ3) is 5.96. The lowest BCUT2D eigenvalue weighted by Crippen LogP contribution is -2.13. The first-order valence-corrected chi connectivity index (χ1v) is 12.4. The summed E-state index contributed by atoms with van der Waals surface area (Å²) in [6.07, 6.45) is 2.16. The quantitative estimate of drug-likeness (QED) is 0.289. The van der Waals surface area contributed by atoms with E-state index in [-0.39, 0.29) is 10.6 Å². The summed E-state index contributed by atoms with van der Waals surface area (Å²) in [4.78, 5) is 0.0979. The Labute approximate surface area is 197 Å². The van der Waals surface area contributed by atoms with Crippen LogP contribution in [0.5, 0.6) is 11.5 Å². The number of rotatable bonds is 10. The van der Waals surface area contributed by atoms with Crippen LogP contribution in [-0.4, -0.2) is 15.0 Å². The molecule has 0 saturated heterocycles. The molecule has 5 nitrogen and oxygen atoms in total. The first kappa shape index (κ1) is 24.4. The smallest absolute Gasteiger partial charge is 0.339 e. The molecule has 3 aromatic rings. The third-order valence-corrected chi connectivity index (χ3v) is 6.68. The molecule has 0 bridgehead atoms. The van der Waals surface area contributed by atoms with Crippen molar-refractivity contribution < 1.29 is 17.3 Å². The first-order valence-electron chi connectivity index (χ1n) is 11.0. The first-order chi connectivity index (χ1) is 15.7. The summed E-state index contributed by atoms with van der Waals surface area (Å²) in [6.45, 7) is 12.7. The number of nitrogens with one attached hydrogen (secondary N) is 1. The van der Waals surface area contributed by atoms with E-state index in [4.69, 9.17) is 8.92 Å². The van der Waals surface area contributed by atoms with E-state index >= 15 is 0 Å². The van der Waals surface area contributed by atoms with Gasteiger partial charge in [0.15, 0.2) is 11.5 Å². The SMILES string of the molecule is C=CCc1cc(CNc2cccc(C)c2C)cc(OCC)c1OS(=O)(=O)c1ccc(C)cc1. The standard InChI is InChI=1S/C27H31NO4S/c1-6-9-23-16-22(18-28-25-11-8-10-20(4)21(25)5)17-26(31-7-2)27(23)32-33(29,30)24-14-12-19(3)13-15-24/h6,8,10-17,28H,1,7,9,18H2,2-5H3. The molecule has 0 radical (unpaired) electrons. The molecular weight excluding hydrogens is 434 g/mol. The number of hydrogen-bond acceptors (Lipinski definition) is 5. The van der Waals surface area contributed by atoms with E-state index in [9.17, 15) is 8.42 Å². The maximum Gasteiger partial charge on any atom is 0.339 e. The highest BCUT2D eigenvalue weighted by Gasteiger charge is 2.22. The largest absolute Gasteiger partial charge is 0.490 e. The zero-order chi connectivity index (χ0) is 24.0. The van der Waals surface area contributed by atoms with Crippen LogP contribution in [0.3, 0.4) is 0 Å². The Bertz CT molecular complexity index is 1230. The lowest BCUT2D eigenvalue weighted by molar-refractivity contribution is 0.326. The highest BCUT2D eigenvalue weighted by molar-refractivity contribution is 7.87. The van der Waals surface area contributed by atoms with Gasteiger partial charge in [0.05, 0.1) is 6.61 Å². The Morgan fingerprint density at radius 2 is 1.76 bits per heavy atom. The molecule has 0 spiro atoms. The molecular formula is C27H31NO4S. The van der Waals surface area contributed by atoms with Gasteiger partial charge >= 0.3 is 10.1 Å². The minimum Gasteiger partial charge on any atom is -0.490 e. The molecule has 174 valence electrons. The molecule has 0 aliphatic carbocycles. The normalized spacial score (nSPS) is 11.2. The van der Waals surface area contributed by atoms with E-state index in [1.165, 1.54) is 11.1 Å². The Morgan fingerprint density at radius 3 is 2.42 bits per heavy atom. The van der Waals surface area contributed by atoms with Crippen LogP contribution in [0, 0.1) is 20.8 Å². The fourth-order valence-electron chi connectivity index (χ4n) is 3.49. The van der Waals surface area contributed by atoms with Crippen molar-refractivity contribution in [3.8, 4) is 11.5 Å². The van der Waals surface area contributed by atoms with Crippen LogP contribution < -0.4 is 14.2 Å². The zero-order valence-electron chi connectivity index (χ0n) is 19.6. The van der Waals surface area contributed by atoms with Gasteiger partial charge in [-0.1, -0.05) is 35.9 Å². The van der Waals surface area contributed by atoms with Crippen molar-refractivity contribution in [3.05, 3.63) is 95.1 Å². The number of benzene rings is 3. The third-order valence-electron chi connectivity index (χ3n) is 5.45. The number of allylic oxidation sites excluding steroid dienone is 1. The second kappa shape index (κ2) is 10.6. The minimum atomic E-state index is -4.02. The molecule has 0 heterocycles. The van der Waals surface area contributed by atoms with Gasteiger partial charge in [-0.25, -0.2) is 0 Å². The average molecular weight is 466 g/mol. The van der Waals surface area contributed by atoms with Gasteiger partial charge in [-0.2, -0.15) is 8.42 Å². The van der Waals surface area contributed by atoms with E-state index in [0.29, 0.717) is 30.9 Å². The molecule has 0 aliphatic heterocycles. The van der Waals surface area contributed by atoms with Crippen molar-refractivity contribution >= 4 is 15.8 Å². The minimum absolute atomic E-state index is 0.0979. The van der Waals surface area contributed by atoms with E-state index in [0.717, 1.165) is 16.8 Å². The second-order valence-corrected chi connectivity index (χ2v) is 9.51. The number of anilines is 1. The molecule has 0 aromatic heterocycles. The molecule has 0 saturated carbocycles. The van der Waals surface area contributed by atoms with E-state index in [2.05, 4.69) is 31.8 Å². The second-order valence-electron chi connectivity index (χ2n) is 7.96. The van der Waals surface area contributed by atoms with Gasteiger partial charge in [-0.05, 0) is 81.1 Å². The number of aryl methyl sites for hydroxylation is 2. The maximum absolute atomic E-state index is 13.0. The summed E-state index contributed by atoms with van der Waals surface area (Å²) >= 11 is 0. The maximum atomic E-state index is 13.0. The fourth-order valence-corrected chi connectivity index (χ4v) is 4.47. The van der Waals surface area contributed by atoms with Gasteiger partial charge < -0.3 is 14.2 Å². The van der Waals surface area contributed by atoms with Crippen LogP contribution in [0.2, 0.25) is 0 Å². The van der Waals surface area contributed by atoms with Crippen molar-refractivity contribution in [1.29, 1.82) is 0 Å². The molecule has 0 fully saturated rings. The average Bonchev–Trinajstić information content (AvgIpc) is 2.77. The fraction of sp³-hybridized carbons (Fsp3) is 0.259. The zero-order valence-corrected chi connectivity index (χ0v) is 20.5. The Kier molecular flexibility index (Phi) is 7.82. The lowest BCUT2D eigenvalue weighted by atomic mass is 10.0. The Hall–Kier alpha value is -3.25. The summed E-state index contributed by atoms with van der Waals surface area (Å²) in [7, 11) is -4.02. The van der Waals surface area contributed by atoms with Crippen LogP contribution in [0.25, 0.3) is 0 Å². The Balaban J connectivity index is 1.96. The summed E-state index contributed by atoms with van der Waals surface area (Å²) in [6, 6.07) is 16.5. The van der Waals surface area contributed by atoms with Crippen molar-refractivity contribution in [2.75, 3.05) is 11.9 Å². The monoisotopic (exact) mass is 465 g/mol. The van der Waals surface area contributed by atoms with Gasteiger partial charge in [0, 0.05) is 17.8 Å². The Morgan fingerprint density at radius 1 is 1.03 bits per heavy atom. The number of hydrogen-bond donors (Lipinski definition) is 1. The van der Waals surface area contributed by atoms with Crippen molar-refractivity contribution in [3.63, 3.8) is 0 Å². The van der Waals surface area contributed by atoms with Crippen LogP contribution in [-0.2, 0) is 23.1 Å². The molecule has 0 unspecified atom stereocenters. The summed E-state index contributed by atoms with van der Waals surface area (Å²) in [5.74, 6) is 0.595. The van der Waals surface area contributed by atoms with E-state index < -0.39 is 10.1 Å². The molecule has 0 amide bonds. The van der Waals surface area contributed by atoms with Gasteiger partial charge in [-0.3, -0.25) is 0 Å².